The van der Waals surface area contributed by atoms with Gasteiger partial charge in [0, 0.05) is 31.9 Å². The molecule has 0 unspecified atom stereocenters. The molecule has 2 aromatic carbocycles. The van der Waals surface area contributed by atoms with Crippen LogP contribution in [0.1, 0.15) is 11.1 Å². The molecule has 0 bridgehead atoms. The summed E-state index contributed by atoms with van der Waals surface area (Å²) in [5.74, 6) is 0. The van der Waals surface area contributed by atoms with E-state index in [2.05, 4.69) is 47.1 Å². The molecule has 3 heteroatoms. The minimum atomic E-state index is 0.765. The summed E-state index contributed by atoms with van der Waals surface area (Å²) < 4.78 is 0. The van der Waals surface area contributed by atoms with Crippen LogP contribution in [0.5, 0.6) is 0 Å². The molecule has 1 aliphatic rings. The van der Waals surface area contributed by atoms with E-state index in [0.29, 0.717) is 0 Å². The quantitative estimate of drug-likeness (QED) is 0.844. The summed E-state index contributed by atoms with van der Waals surface area (Å²) in [4.78, 5) is 4.73. The first-order valence-electron chi connectivity index (χ1n) is 7.33. The summed E-state index contributed by atoms with van der Waals surface area (Å²) >= 11 is 0. The predicted octanol–water partition coefficient (Wildman–Crippen LogP) is 3.19. The normalized spacial score (nSPS) is 14.9. The van der Waals surface area contributed by atoms with Crippen molar-refractivity contribution < 1.29 is 0 Å². The van der Waals surface area contributed by atoms with Gasteiger partial charge in [-0.15, -0.1) is 0 Å². The second-order valence-corrected chi connectivity index (χ2v) is 5.44. The molecule has 1 fully saturated rings. The van der Waals surface area contributed by atoms with Crippen LogP contribution in [0.25, 0.3) is 0 Å². The summed E-state index contributed by atoms with van der Waals surface area (Å²) in [5.41, 5.74) is 4.42. The van der Waals surface area contributed by atoms with Crippen LogP contribution in [-0.2, 0) is 0 Å². The summed E-state index contributed by atoms with van der Waals surface area (Å²) in [7, 11) is 0. The summed E-state index contributed by atoms with van der Waals surface area (Å²) in [5, 5.41) is 9.22. The van der Waals surface area contributed by atoms with Crippen molar-refractivity contribution in [2.75, 3.05) is 36.0 Å². The highest BCUT2D eigenvalue weighted by Gasteiger charge is 2.19. The van der Waals surface area contributed by atoms with Crippen LogP contribution >= 0.6 is 0 Å². The van der Waals surface area contributed by atoms with Gasteiger partial charge in [-0.3, -0.25) is 0 Å². The number of anilines is 2. The fourth-order valence-electron chi connectivity index (χ4n) is 2.87. The first kappa shape index (κ1) is 13.5. The molecule has 0 atom stereocenters. The van der Waals surface area contributed by atoms with Crippen molar-refractivity contribution in [2.24, 2.45) is 0 Å². The molecule has 1 saturated heterocycles. The highest BCUT2D eigenvalue weighted by Crippen LogP contribution is 2.23. The second-order valence-electron chi connectivity index (χ2n) is 5.44. The Morgan fingerprint density at radius 3 is 2.33 bits per heavy atom. The predicted molar refractivity (Wildman–Crippen MR) is 86.8 cm³/mol. The van der Waals surface area contributed by atoms with Gasteiger partial charge in [-0.05, 0) is 36.8 Å². The second kappa shape index (κ2) is 5.88. The van der Waals surface area contributed by atoms with Gasteiger partial charge in [0.1, 0.15) is 6.07 Å². The van der Waals surface area contributed by atoms with Crippen LogP contribution in [0.3, 0.4) is 0 Å². The lowest BCUT2D eigenvalue weighted by atomic mass is 10.1. The number of rotatable bonds is 2. The van der Waals surface area contributed by atoms with Crippen LogP contribution in [0.2, 0.25) is 0 Å². The molecular formula is C18H19N3. The van der Waals surface area contributed by atoms with Gasteiger partial charge < -0.3 is 9.80 Å². The number of para-hydroxylation sites is 1. The molecule has 0 aliphatic carbocycles. The zero-order valence-electron chi connectivity index (χ0n) is 12.3. The summed E-state index contributed by atoms with van der Waals surface area (Å²) in [6.07, 6.45) is 0. The number of aryl methyl sites for hydroxylation is 1. The molecule has 2 aromatic rings. The lowest BCUT2D eigenvalue weighted by Crippen LogP contribution is -2.46. The van der Waals surface area contributed by atoms with E-state index in [1.54, 1.807) is 0 Å². The Morgan fingerprint density at radius 1 is 0.905 bits per heavy atom. The average Bonchev–Trinajstić information content (AvgIpc) is 2.55. The molecule has 3 nitrogen and oxygen atoms in total. The van der Waals surface area contributed by atoms with Crippen molar-refractivity contribution in [3.05, 3.63) is 59.7 Å². The van der Waals surface area contributed by atoms with Crippen molar-refractivity contribution in [2.45, 2.75) is 6.92 Å². The number of piperazine rings is 1. The summed E-state index contributed by atoms with van der Waals surface area (Å²) in [6, 6.07) is 18.8. The van der Waals surface area contributed by atoms with E-state index >= 15 is 0 Å². The number of nitrogens with zero attached hydrogens (tertiary/aromatic N) is 3. The first-order valence-corrected chi connectivity index (χ1v) is 7.33. The maximum atomic E-state index is 9.22. The monoisotopic (exact) mass is 277 g/mol. The zero-order chi connectivity index (χ0) is 14.7. The van der Waals surface area contributed by atoms with Crippen molar-refractivity contribution >= 4 is 11.4 Å². The SMILES string of the molecule is Cc1cccc(N2CCN(c3ccccc3C#N)CC2)c1. The molecule has 3 rings (SSSR count). The number of hydrogen-bond acceptors (Lipinski definition) is 3. The van der Waals surface area contributed by atoms with Gasteiger partial charge in [-0.25, -0.2) is 0 Å². The smallest absolute Gasteiger partial charge is 0.101 e. The lowest BCUT2D eigenvalue weighted by molar-refractivity contribution is 0.653. The van der Waals surface area contributed by atoms with Crippen LogP contribution in [0, 0.1) is 18.3 Å². The maximum absolute atomic E-state index is 9.22. The van der Waals surface area contributed by atoms with Gasteiger partial charge in [0.2, 0.25) is 0 Å². The molecule has 1 heterocycles. The van der Waals surface area contributed by atoms with Gasteiger partial charge in [0.05, 0.1) is 11.3 Å². The van der Waals surface area contributed by atoms with E-state index in [-0.39, 0.29) is 0 Å². The van der Waals surface area contributed by atoms with Gasteiger partial charge in [-0.1, -0.05) is 24.3 Å². The Hall–Kier alpha value is -2.47. The van der Waals surface area contributed by atoms with E-state index in [4.69, 9.17) is 0 Å². The van der Waals surface area contributed by atoms with Crippen LogP contribution < -0.4 is 9.80 Å². The Kier molecular flexibility index (Phi) is 3.79. The third kappa shape index (κ3) is 2.85. The number of hydrogen-bond donors (Lipinski definition) is 0. The molecule has 0 radical (unpaired) electrons. The summed E-state index contributed by atoms with van der Waals surface area (Å²) in [6.45, 7) is 6.01. The van der Waals surface area contributed by atoms with Crippen molar-refractivity contribution in [3.63, 3.8) is 0 Å². The van der Waals surface area contributed by atoms with Crippen molar-refractivity contribution in [3.8, 4) is 6.07 Å². The maximum Gasteiger partial charge on any atom is 0.101 e. The Bertz CT molecular complexity index is 664. The molecule has 0 saturated carbocycles. The minimum Gasteiger partial charge on any atom is -0.368 e. The molecule has 1 aliphatic heterocycles. The molecule has 0 spiro atoms. The van der Waals surface area contributed by atoms with Crippen LogP contribution in [-0.4, -0.2) is 26.2 Å². The fraction of sp³-hybridized carbons (Fsp3) is 0.278. The molecular weight excluding hydrogens is 258 g/mol. The Balaban J connectivity index is 1.72. The van der Waals surface area contributed by atoms with Crippen molar-refractivity contribution in [1.29, 1.82) is 5.26 Å². The lowest BCUT2D eigenvalue weighted by Gasteiger charge is -2.37. The zero-order valence-corrected chi connectivity index (χ0v) is 12.3. The highest BCUT2D eigenvalue weighted by molar-refractivity contribution is 5.60. The van der Waals surface area contributed by atoms with Crippen molar-refractivity contribution in [1.82, 2.24) is 0 Å². The average molecular weight is 277 g/mol. The third-order valence-corrected chi connectivity index (χ3v) is 4.01. The first-order chi connectivity index (χ1) is 10.3. The van der Waals surface area contributed by atoms with Gasteiger partial charge in [0.15, 0.2) is 0 Å². The standard InChI is InChI=1S/C18H19N3/c1-15-5-4-7-17(13-15)20-9-11-21(12-10-20)18-8-3-2-6-16(18)14-19/h2-8,13H,9-12H2,1H3. The van der Waals surface area contributed by atoms with E-state index < -0.39 is 0 Å². The molecule has 21 heavy (non-hydrogen) atoms. The Morgan fingerprint density at radius 2 is 1.62 bits per heavy atom. The topological polar surface area (TPSA) is 30.3 Å². The fourth-order valence-corrected chi connectivity index (χ4v) is 2.87. The molecule has 0 aromatic heterocycles. The van der Waals surface area contributed by atoms with E-state index in [1.807, 2.05) is 24.3 Å². The van der Waals surface area contributed by atoms with Crippen LogP contribution in [0.15, 0.2) is 48.5 Å². The van der Waals surface area contributed by atoms with E-state index in [1.165, 1.54) is 11.3 Å². The molecule has 0 amide bonds. The largest absolute Gasteiger partial charge is 0.368 e. The number of benzene rings is 2. The van der Waals surface area contributed by atoms with E-state index in [0.717, 1.165) is 37.4 Å². The van der Waals surface area contributed by atoms with Gasteiger partial charge in [-0.2, -0.15) is 5.26 Å². The van der Waals surface area contributed by atoms with Gasteiger partial charge >= 0.3 is 0 Å². The third-order valence-electron chi connectivity index (χ3n) is 4.01. The Labute approximate surface area is 126 Å². The van der Waals surface area contributed by atoms with Gasteiger partial charge in [0.25, 0.3) is 0 Å². The number of nitriles is 1. The van der Waals surface area contributed by atoms with Crippen LogP contribution in [0.4, 0.5) is 11.4 Å². The van der Waals surface area contributed by atoms with E-state index in [9.17, 15) is 5.26 Å². The minimum absolute atomic E-state index is 0.765. The molecule has 0 N–H and O–H groups in total. The molecule has 106 valence electrons. The highest BCUT2D eigenvalue weighted by atomic mass is 15.3.